The molecule has 0 aromatic heterocycles. The van der Waals surface area contributed by atoms with Crippen molar-refractivity contribution in [3.8, 4) is 0 Å². The van der Waals surface area contributed by atoms with E-state index in [1.54, 1.807) is 0 Å². The van der Waals surface area contributed by atoms with Crippen LogP contribution in [-0.2, 0) is 0 Å². The van der Waals surface area contributed by atoms with Crippen molar-refractivity contribution in [2.45, 2.75) is 19.4 Å². The number of benzene rings is 1. The average Bonchev–Trinajstić information content (AvgIpc) is 2.15. The highest BCUT2D eigenvalue weighted by atomic mass is 79.9. The fourth-order valence-corrected chi connectivity index (χ4v) is 2.88. The van der Waals surface area contributed by atoms with Gasteiger partial charge in [-0.05, 0) is 32.0 Å². The van der Waals surface area contributed by atoms with Gasteiger partial charge in [-0.3, -0.25) is 0 Å². The van der Waals surface area contributed by atoms with Crippen molar-refractivity contribution >= 4 is 33.2 Å². The van der Waals surface area contributed by atoms with Crippen LogP contribution in [0.3, 0.4) is 0 Å². The summed E-state index contributed by atoms with van der Waals surface area (Å²) in [7, 11) is 0. The molecule has 0 unspecified atom stereocenters. The number of hydrogen-bond acceptors (Lipinski definition) is 2. The number of nitrogens with one attached hydrogen (secondary N) is 1. The van der Waals surface area contributed by atoms with E-state index in [0.29, 0.717) is 0 Å². The number of hydrogen-bond donors (Lipinski definition) is 1. The Bertz CT molecular complexity index is 393. The summed E-state index contributed by atoms with van der Waals surface area (Å²) in [6.07, 6.45) is 0. The van der Waals surface area contributed by atoms with Crippen LogP contribution in [0.2, 0.25) is 5.02 Å². The monoisotopic (exact) mass is 302 g/mol. The second kappa shape index (κ2) is 4.55. The van der Waals surface area contributed by atoms with Crippen molar-refractivity contribution in [3.05, 3.63) is 27.7 Å². The van der Waals surface area contributed by atoms with E-state index in [1.807, 2.05) is 12.1 Å². The van der Waals surface area contributed by atoms with Gasteiger partial charge in [0.25, 0.3) is 0 Å². The SMILES string of the molecule is CC1(C)CN(c2ccc(Br)cc2Cl)CCN1. The maximum absolute atomic E-state index is 6.26. The summed E-state index contributed by atoms with van der Waals surface area (Å²) in [5.41, 5.74) is 1.27. The van der Waals surface area contributed by atoms with Crippen molar-refractivity contribution in [3.63, 3.8) is 0 Å². The van der Waals surface area contributed by atoms with Crippen LogP contribution in [0.25, 0.3) is 0 Å². The average molecular weight is 304 g/mol. The van der Waals surface area contributed by atoms with Crippen LogP contribution in [-0.4, -0.2) is 25.2 Å². The molecular formula is C12H16BrClN2. The van der Waals surface area contributed by atoms with Crippen molar-refractivity contribution < 1.29 is 0 Å². The summed E-state index contributed by atoms with van der Waals surface area (Å²) in [5.74, 6) is 0. The minimum absolute atomic E-state index is 0.147. The van der Waals surface area contributed by atoms with E-state index in [9.17, 15) is 0 Å². The summed E-state index contributed by atoms with van der Waals surface area (Å²) in [4.78, 5) is 2.34. The highest BCUT2D eigenvalue weighted by molar-refractivity contribution is 9.10. The molecule has 4 heteroatoms. The molecule has 2 nitrogen and oxygen atoms in total. The van der Waals surface area contributed by atoms with Gasteiger partial charge in [-0.2, -0.15) is 0 Å². The van der Waals surface area contributed by atoms with E-state index in [1.165, 1.54) is 0 Å². The molecule has 1 fully saturated rings. The first-order valence-electron chi connectivity index (χ1n) is 5.43. The maximum Gasteiger partial charge on any atom is 0.0650 e. The van der Waals surface area contributed by atoms with Gasteiger partial charge in [-0.1, -0.05) is 27.5 Å². The van der Waals surface area contributed by atoms with E-state index in [4.69, 9.17) is 11.6 Å². The molecule has 0 radical (unpaired) electrons. The normalized spacial score (nSPS) is 19.9. The minimum atomic E-state index is 0.147. The Hall–Kier alpha value is -0.250. The molecule has 0 atom stereocenters. The molecule has 1 N–H and O–H groups in total. The van der Waals surface area contributed by atoms with E-state index in [0.717, 1.165) is 34.8 Å². The fourth-order valence-electron chi connectivity index (χ4n) is 2.08. The van der Waals surface area contributed by atoms with Crippen LogP contribution in [0.1, 0.15) is 13.8 Å². The van der Waals surface area contributed by atoms with Crippen LogP contribution in [0.4, 0.5) is 5.69 Å². The number of anilines is 1. The van der Waals surface area contributed by atoms with E-state index in [2.05, 4.69) is 46.1 Å². The summed E-state index contributed by atoms with van der Waals surface area (Å²) >= 11 is 9.69. The largest absolute Gasteiger partial charge is 0.367 e. The molecule has 0 aliphatic carbocycles. The molecule has 0 saturated carbocycles. The molecule has 2 rings (SSSR count). The van der Waals surface area contributed by atoms with E-state index >= 15 is 0 Å². The molecule has 0 spiro atoms. The molecule has 1 saturated heterocycles. The predicted molar refractivity (Wildman–Crippen MR) is 73.4 cm³/mol. The Morgan fingerprint density at radius 1 is 1.44 bits per heavy atom. The van der Waals surface area contributed by atoms with Gasteiger partial charge in [-0.25, -0.2) is 0 Å². The third-order valence-electron chi connectivity index (χ3n) is 2.82. The van der Waals surface area contributed by atoms with Crippen molar-refractivity contribution in [2.24, 2.45) is 0 Å². The second-order valence-electron chi connectivity index (χ2n) is 4.83. The molecule has 0 amide bonds. The first kappa shape index (κ1) is 12.2. The van der Waals surface area contributed by atoms with Gasteiger partial charge in [-0.15, -0.1) is 0 Å². The van der Waals surface area contributed by atoms with Gasteiger partial charge in [0.2, 0.25) is 0 Å². The topological polar surface area (TPSA) is 15.3 Å². The zero-order chi connectivity index (χ0) is 11.8. The van der Waals surface area contributed by atoms with Crippen molar-refractivity contribution in [2.75, 3.05) is 24.5 Å². The minimum Gasteiger partial charge on any atom is -0.367 e. The number of halogens is 2. The Morgan fingerprint density at radius 3 is 2.81 bits per heavy atom. The lowest BCUT2D eigenvalue weighted by molar-refractivity contribution is 0.353. The Balaban J connectivity index is 2.23. The fraction of sp³-hybridized carbons (Fsp3) is 0.500. The zero-order valence-corrected chi connectivity index (χ0v) is 11.9. The highest BCUT2D eigenvalue weighted by Crippen LogP contribution is 2.30. The zero-order valence-electron chi connectivity index (χ0n) is 9.56. The van der Waals surface area contributed by atoms with Gasteiger partial charge in [0.1, 0.15) is 0 Å². The number of piperazine rings is 1. The summed E-state index contributed by atoms with van der Waals surface area (Å²) in [5, 5.41) is 4.31. The standard InChI is InChI=1S/C12H16BrClN2/c1-12(2)8-16(6-5-15-12)11-4-3-9(13)7-10(11)14/h3-4,7,15H,5-6,8H2,1-2H3. The molecule has 16 heavy (non-hydrogen) atoms. The highest BCUT2D eigenvalue weighted by Gasteiger charge is 2.26. The van der Waals surface area contributed by atoms with E-state index < -0.39 is 0 Å². The first-order chi connectivity index (χ1) is 7.48. The molecule has 1 aliphatic heterocycles. The maximum atomic E-state index is 6.26. The van der Waals surface area contributed by atoms with Crippen LogP contribution in [0, 0.1) is 0 Å². The molecule has 1 aromatic rings. The smallest absolute Gasteiger partial charge is 0.0650 e. The van der Waals surface area contributed by atoms with Crippen LogP contribution in [0.5, 0.6) is 0 Å². The quantitative estimate of drug-likeness (QED) is 0.856. The van der Waals surface area contributed by atoms with Gasteiger partial charge in [0.05, 0.1) is 10.7 Å². The van der Waals surface area contributed by atoms with E-state index in [-0.39, 0.29) is 5.54 Å². The molecule has 1 aliphatic rings. The lowest BCUT2D eigenvalue weighted by Crippen LogP contribution is -2.57. The first-order valence-corrected chi connectivity index (χ1v) is 6.60. The molecule has 88 valence electrons. The van der Waals surface area contributed by atoms with Gasteiger partial charge in [0.15, 0.2) is 0 Å². The predicted octanol–water partition coefficient (Wildman–Crippen LogP) is 3.29. The van der Waals surface area contributed by atoms with Crippen LogP contribution in [0.15, 0.2) is 22.7 Å². The number of nitrogens with zero attached hydrogens (tertiary/aromatic N) is 1. The second-order valence-corrected chi connectivity index (χ2v) is 6.15. The van der Waals surface area contributed by atoms with Gasteiger partial charge >= 0.3 is 0 Å². The molecule has 1 heterocycles. The van der Waals surface area contributed by atoms with Crippen LogP contribution < -0.4 is 10.2 Å². The van der Waals surface area contributed by atoms with Crippen molar-refractivity contribution in [1.82, 2.24) is 5.32 Å². The van der Waals surface area contributed by atoms with Gasteiger partial charge in [0, 0.05) is 29.6 Å². The number of rotatable bonds is 1. The summed E-state index contributed by atoms with van der Waals surface area (Å²) < 4.78 is 1.02. The molecular weight excluding hydrogens is 288 g/mol. The Morgan fingerprint density at radius 2 is 2.19 bits per heavy atom. The molecule has 1 aromatic carbocycles. The van der Waals surface area contributed by atoms with Crippen molar-refractivity contribution in [1.29, 1.82) is 0 Å². The van der Waals surface area contributed by atoms with Gasteiger partial charge < -0.3 is 10.2 Å². The lowest BCUT2D eigenvalue weighted by atomic mass is 10.0. The Labute approximate surface area is 110 Å². The third kappa shape index (κ3) is 2.70. The summed E-state index contributed by atoms with van der Waals surface area (Å²) in [6.45, 7) is 7.41. The Kier molecular flexibility index (Phi) is 3.48. The third-order valence-corrected chi connectivity index (χ3v) is 3.62. The molecule has 0 bridgehead atoms. The summed E-state index contributed by atoms with van der Waals surface area (Å²) in [6, 6.07) is 6.07. The lowest BCUT2D eigenvalue weighted by Gasteiger charge is -2.40. The van der Waals surface area contributed by atoms with Crippen LogP contribution >= 0.6 is 27.5 Å².